The maximum absolute atomic E-state index is 12.7. The van der Waals surface area contributed by atoms with E-state index in [2.05, 4.69) is 0 Å². The number of carbonyl (C=O) groups is 1. The number of carbonyl (C=O) groups excluding carboxylic acids is 1. The van der Waals surface area contributed by atoms with Crippen LogP contribution < -0.4 is 10.3 Å². The summed E-state index contributed by atoms with van der Waals surface area (Å²) in [6.07, 6.45) is 0. The summed E-state index contributed by atoms with van der Waals surface area (Å²) < 4.78 is 11.7. The Balaban J connectivity index is 1.98. The fourth-order valence-corrected chi connectivity index (χ4v) is 3.02. The van der Waals surface area contributed by atoms with Crippen molar-refractivity contribution in [2.75, 3.05) is 14.2 Å². The molecule has 0 spiro atoms. The van der Waals surface area contributed by atoms with Gasteiger partial charge in [0.05, 0.1) is 26.3 Å². The lowest BCUT2D eigenvalue weighted by atomic mass is 10.00. The second kappa shape index (κ2) is 7.91. The van der Waals surface area contributed by atoms with Gasteiger partial charge in [0, 0.05) is 11.8 Å². The van der Waals surface area contributed by atoms with Gasteiger partial charge in [-0.05, 0) is 47.9 Å². The summed E-state index contributed by atoms with van der Waals surface area (Å²) in [4.78, 5) is 24.8. The Morgan fingerprint density at radius 3 is 2.33 bits per heavy atom. The Bertz CT molecular complexity index is 1020. The zero-order valence-electron chi connectivity index (χ0n) is 15.6. The maximum Gasteiger partial charge on any atom is 0.338 e. The first-order valence-electron chi connectivity index (χ1n) is 8.55. The summed E-state index contributed by atoms with van der Waals surface area (Å²) in [5, 5.41) is 0. The monoisotopic (exact) mass is 363 g/mol. The number of aryl methyl sites for hydroxylation is 1. The molecule has 5 nitrogen and oxygen atoms in total. The van der Waals surface area contributed by atoms with E-state index in [1.165, 1.54) is 7.11 Å². The van der Waals surface area contributed by atoms with Gasteiger partial charge >= 0.3 is 5.97 Å². The molecule has 0 saturated heterocycles. The average molecular weight is 363 g/mol. The zero-order chi connectivity index (χ0) is 19.4. The lowest BCUT2D eigenvalue weighted by molar-refractivity contribution is 0.0601. The Kier molecular flexibility index (Phi) is 5.41. The van der Waals surface area contributed by atoms with E-state index >= 15 is 0 Å². The van der Waals surface area contributed by atoms with Gasteiger partial charge in [0.1, 0.15) is 5.75 Å². The van der Waals surface area contributed by atoms with Crippen LogP contribution in [-0.2, 0) is 11.3 Å². The largest absolute Gasteiger partial charge is 0.497 e. The topological polar surface area (TPSA) is 57.5 Å². The van der Waals surface area contributed by atoms with Crippen LogP contribution in [0, 0.1) is 6.92 Å². The highest BCUT2D eigenvalue weighted by Crippen LogP contribution is 2.24. The molecule has 3 rings (SSSR count). The van der Waals surface area contributed by atoms with E-state index in [9.17, 15) is 9.59 Å². The minimum Gasteiger partial charge on any atom is -0.497 e. The van der Waals surface area contributed by atoms with Crippen molar-refractivity contribution in [1.82, 2.24) is 4.57 Å². The van der Waals surface area contributed by atoms with Gasteiger partial charge in [-0.1, -0.05) is 30.3 Å². The number of aromatic nitrogens is 1. The molecule has 0 amide bonds. The first kappa shape index (κ1) is 18.5. The van der Waals surface area contributed by atoms with Gasteiger partial charge in [-0.2, -0.15) is 0 Å². The van der Waals surface area contributed by atoms with Crippen LogP contribution in [0.4, 0.5) is 0 Å². The SMILES string of the molecule is COC(=O)c1ccccc1-c1cc(C)n(Cc2ccc(OC)cc2)c(=O)c1. The molecule has 1 aromatic heterocycles. The fourth-order valence-electron chi connectivity index (χ4n) is 3.02. The van der Waals surface area contributed by atoms with Crippen molar-refractivity contribution in [3.63, 3.8) is 0 Å². The molecular formula is C22H21NO4. The van der Waals surface area contributed by atoms with Gasteiger partial charge in [-0.3, -0.25) is 4.79 Å². The molecule has 0 fully saturated rings. The number of rotatable bonds is 5. The molecule has 0 atom stereocenters. The number of nitrogens with zero attached hydrogens (tertiary/aromatic N) is 1. The Morgan fingerprint density at radius 2 is 1.70 bits per heavy atom. The molecule has 5 heteroatoms. The zero-order valence-corrected chi connectivity index (χ0v) is 15.6. The molecule has 3 aromatic rings. The Morgan fingerprint density at radius 1 is 1.00 bits per heavy atom. The van der Waals surface area contributed by atoms with E-state index in [0.29, 0.717) is 23.2 Å². The fraction of sp³-hybridized carbons (Fsp3) is 0.182. The predicted molar refractivity (Wildman–Crippen MR) is 104 cm³/mol. The van der Waals surface area contributed by atoms with Gasteiger partial charge in [0.15, 0.2) is 0 Å². The van der Waals surface area contributed by atoms with Crippen molar-refractivity contribution in [2.45, 2.75) is 13.5 Å². The number of hydrogen-bond donors (Lipinski definition) is 0. The van der Waals surface area contributed by atoms with E-state index in [1.54, 1.807) is 29.9 Å². The highest BCUT2D eigenvalue weighted by molar-refractivity contribution is 5.97. The quantitative estimate of drug-likeness (QED) is 0.649. The van der Waals surface area contributed by atoms with E-state index in [0.717, 1.165) is 17.0 Å². The summed E-state index contributed by atoms with van der Waals surface area (Å²) in [7, 11) is 2.96. The molecule has 1 heterocycles. The van der Waals surface area contributed by atoms with Crippen LogP contribution in [0.3, 0.4) is 0 Å². The molecule has 0 aliphatic rings. The minimum absolute atomic E-state index is 0.125. The number of pyridine rings is 1. The number of esters is 1. The first-order chi connectivity index (χ1) is 13.0. The summed E-state index contributed by atoms with van der Waals surface area (Å²) in [6.45, 7) is 2.35. The molecule has 0 bridgehead atoms. The molecule has 0 N–H and O–H groups in total. The molecule has 0 aliphatic heterocycles. The van der Waals surface area contributed by atoms with Crippen molar-refractivity contribution in [1.29, 1.82) is 0 Å². The van der Waals surface area contributed by atoms with E-state index < -0.39 is 5.97 Å². The molecule has 0 aliphatic carbocycles. The Labute approximate surface area is 157 Å². The van der Waals surface area contributed by atoms with E-state index in [1.807, 2.05) is 49.4 Å². The van der Waals surface area contributed by atoms with Gasteiger partial charge in [-0.25, -0.2) is 4.79 Å². The van der Waals surface area contributed by atoms with Crippen molar-refractivity contribution in [2.24, 2.45) is 0 Å². The third-order valence-corrected chi connectivity index (χ3v) is 4.48. The number of benzene rings is 2. The third-order valence-electron chi connectivity index (χ3n) is 4.48. The average Bonchev–Trinajstić information content (AvgIpc) is 2.70. The number of ether oxygens (including phenoxy) is 2. The molecule has 0 saturated carbocycles. The summed E-state index contributed by atoms with van der Waals surface area (Å²) in [5.41, 5.74) is 3.51. The van der Waals surface area contributed by atoms with Crippen LogP contribution in [0.15, 0.2) is 65.5 Å². The molecule has 2 aromatic carbocycles. The number of methoxy groups -OCH3 is 2. The van der Waals surface area contributed by atoms with Crippen LogP contribution in [0.1, 0.15) is 21.6 Å². The van der Waals surface area contributed by atoms with Crippen LogP contribution >= 0.6 is 0 Å². The van der Waals surface area contributed by atoms with Gasteiger partial charge in [0.25, 0.3) is 5.56 Å². The third kappa shape index (κ3) is 3.92. The number of hydrogen-bond acceptors (Lipinski definition) is 4. The molecule has 0 radical (unpaired) electrons. The van der Waals surface area contributed by atoms with Crippen molar-refractivity contribution < 1.29 is 14.3 Å². The normalized spacial score (nSPS) is 10.5. The predicted octanol–water partition coefficient (Wildman–Crippen LogP) is 3.67. The molecule has 138 valence electrons. The van der Waals surface area contributed by atoms with Crippen molar-refractivity contribution >= 4 is 5.97 Å². The maximum atomic E-state index is 12.7. The van der Waals surface area contributed by atoms with Gasteiger partial charge < -0.3 is 14.0 Å². The molecule has 0 unspecified atom stereocenters. The lowest BCUT2D eigenvalue weighted by Gasteiger charge is -2.14. The van der Waals surface area contributed by atoms with Crippen LogP contribution in [0.25, 0.3) is 11.1 Å². The minimum atomic E-state index is -0.425. The van der Waals surface area contributed by atoms with E-state index in [4.69, 9.17) is 9.47 Å². The van der Waals surface area contributed by atoms with Gasteiger partial charge in [0.2, 0.25) is 0 Å². The summed E-state index contributed by atoms with van der Waals surface area (Å²) >= 11 is 0. The van der Waals surface area contributed by atoms with Crippen LogP contribution in [-0.4, -0.2) is 24.8 Å². The van der Waals surface area contributed by atoms with Gasteiger partial charge in [-0.15, -0.1) is 0 Å². The Hall–Kier alpha value is -3.34. The van der Waals surface area contributed by atoms with Crippen LogP contribution in [0.2, 0.25) is 0 Å². The highest BCUT2D eigenvalue weighted by atomic mass is 16.5. The van der Waals surface area contributed by atoms with E-state index in [-0.39, 0.29) is 5.56 Å². The summed E-state index contributed by atoms with van der Waals surface area (Å²) in [5.74, 6) is 0.350. The first-order valence-corrected chi connectivity index (χ1v) is 8.55. The second-order valence-electron chi connectivity index (χ2n) is 6.20. The summed E-state index contributed by atoms with van der Waals surface area (Å²) in [6, 6.07) is 18.2. The lowest BCUT2D eigenvalue weighted by Crippen LogP contribution is -2.22. The van der Waals surface area contributed by atoms with Crippen LogP contribution in [0.5, 0.6) is 5.75 Å². The standard InChI is InChI=1S/C22H21NO4/c1-15-12-17(19-6-4-5-7-20(19)22(25)27-3)13-21(24)23(15)14-16-8-10-18(26-2)11-9-16/h4-13H,14H2,1-3H3. The molecular weight excluding hydrogens is 342 g/mol. The van der Waals surface area contributed by atoms with Crippen molar-refractivity contribution in [3.05, 3.63) is 87.8 Å². The van der Waals surface area contributed by atoms with Crippen molar-refractivity contribution in [3.8, 4) is 16.9 Å². The second-order valence-corrected chi connectivity index (χ2v) is 6.20. The highest BCUT2D eigenvalue weighted by Gasteiger charge is 2.14. The smallest absolute Gasteiger partial charge is 0.338 e. The molecule has 27 heavy (non-hydrogen) atoms.